The Labute approximate surface area is 133 Å². The van der Waals surface area contributed by atoms with Crippen molar-refractivity contribution in [1.82, 2.24) is 14.5 Å². The zero-order valence-electron chi connectivity index (χ0n) is 12.6. The molecule has 2 aromatic rings. The van der Waals surface area contributed by atoms with Crippen molar-refractivity contribution < 1.29 is 14.8 Å². The van der Waals surface area contributed by atoms with Gasteiger partial charge in [-0.3, -0.25) is 4.79 Å². The molecular weight excluding hydrogens is 295 g/mol. The van der Waals surface area contributed by atoms with Crippen molar-refractivity contribution in [1.29, 1.82) is 0 Å². The molecule has 7 nitrogen and oxygen atoms in total. The highest BCUT2D eigenvalue weighted by Crippen LogP contribution is 2.29. The van der Waals surface area contributed by atoms with Gasteiger partial charge in [0.1, 0.15) is 11.2 Å². The molecule has 1 aliphatic carbocycles. The van der Waals surface area contributed by atoms with Crippen molar-refractivity contribution in [3.8, 4) is 0 Å². The standard InChI is InChI=1S/C15H17BN4O3/c1-9-4-10(2-3-11(9)16(22)23)7-20-8-19-13-6-18-12(15(17)21)5-14(13)20/h2-6,8-9,11,22-23H,7H2,1H3,(H2,17,21). The van der Waals surface area contributed by atoms with Gasteiger partial charge >= 0.3 is 7.12 Å². The molecule has 2 unspecified atom stereocenters. The minimum absolute atomic E-state index is 0.0210. The lowest BCUT2D eigenvalue weighted by atomic mass is 9.64. The van der Waals surface area contributed by atoms with Gasteiger partial charge in [0.15, 0.2) is 0 Å². The van der Waals surface area contributed by atoms with Crippen molar-refractivity contribution in [3.63, 3.8) is 0 Å². The maximum atomic E-state index is 11.3. The Kier molecular flexibility index (Phi) is 4.02. The summed E-state index contributed by atoms with van der Waals surface area (Å²) in [4.78, 5) is 19.5. The van der Waals surface area contributed by atoms with Gasteiger partial charge in [-0.1, -0.05) is 25.2 Å². The second-order valence-corrected chi connectivity index (χ2v) is 5.75. The molecule has 3 rings (SSSR count). The van der Waals surface area contributed by atoms with Crippen LogP contribution in [0, 0.1) is 5.92 Å². The summed E-state index contributed by atoms with van der Waals surface area (Å²) in [5.74, 6) is -0.860. The highest BCUT2D eigenvalue weighted by atomic mass is 16.4. The number of hydrogen-bond donors (Lipinski definition) is 3. The number of nitrogens with zero attached hydrogens (tertiary/aromatic N) is 3. The highest BCUT2D eigenvalue weighted by Gasteiger charge is 2.27. The summed E-state index contributed by atoms with van der Waals surface area (Å²) in [7, 11) is -1.36. The topological polar surface area (TPSA) is 114 Å². The third-order valence-electron chi connectivity index (χ3n) is 4.07. The van der Waals surface area contributed by atoms with E-state index in [1.54, 1.807) is 18.5 Å². The van der Waals surface area contributed by atoms with Crippen LogP contribution >= 0.6 is 0 Å². The molecule has 4 N–H and O–H groups in total. The number of fused-ring (bicyclic) bond motifs is 1. The Bertz CT molecular complexity index is 812. The molecule has 8 heteroatoms. The number of hydrogen-bond acceptors (Lipinski definition) is 5. The fraction of sp³-hybridized carbons (Fsp3) is 0.267. The summed E-state index contributed by atoms with van der Waals surface area (Å²) >= 11 is 0. The van der Waals surface area contributed by atoms with Crippen LogP contribution in [0.1, 0.15) is 17.4 Å². The van der Waals surface area contributed by atoms with Gasteiger partial charge in [-0.2, -0.15) is 0 Å². The predicted molar refractivity (Wildman–Crippen MR) is 86.4 cm³/mol. The van der Waals surface area contributed by atoms with Gasteiger partial charge in [-0.05, 0) is 17.6 Å². The van der Waals surface area contributed by atoms with Crippen LogP contribution in [-0.4, -0.2) is 37.6 Å². The first-order chi connectivity index (χ1) is 11.0. The Morgan fingerprint density at radius 1 is 1.43 bits per heavy atom. The number of pyridine rings is 1. The van der Waals surface area contributed by atoms with E-state index in [2.05, 4.69) is 9.97 Å². The second kappa shape index (κ2) is 5.98. The number of aromatic nitrogens is 3. The van der Waals surface area contributed by atoms with Crippen molar-refractivity contribution >= 4 is 24.1 Å². The lowest BCUT2D eigenvalue weighted by Crippen LogP contribution is -2.25. The maximum Gasteiger partial charge on any atom is 0.459 e. The van der Waals surface area contributed by atoms with Crippen LogP contribution in [0.2, 0.25) is 5.82 Å². The Morgan fingerprint density at radius 2 is 2.22 bits per heavy atom. The molecule has 2 aromatic heterocycles. The summed E-state index contributed by atoms with van der Waals surface area (Å²) in [6.07, 6.45) is 8.90. The van der Waals surface area contributed by atoms with Gasteiger partial charge in [-0.15, -0.1) is 0 Å². The van der Waals surface area contributed by atoms with Crippen LogP contribution < -0.4 is 5.73 Å². The van der Waals surface area contributed by atoms with Gasteiger partial charge in [0.05, 0.1) is 18.0 Å². The number of carbonyl (C=O) groups excluding carboxylic acids is 1. The fourth-order valence-electron chi connectivity index (χ4n) is 2.81. The first-order valence-corrected chi connectivity index (χ1v) is 7.31. The zero-order valence-corrected chi connectivity index (χ0v) is 12.6. The number of imidazole rings is 1. The van der Waals surface area contributed by atoms with Crippen LogP contribution in [0.5, 0.6) is 0 Å². The van der Waals surface area contributed by atoms with E-state index >= 15 is 0 Å². The zero-order chi connectivity index (χ0) is 16.6. The smallest absolute Gasteiger partial charge is 0.427 e. The molecule has 1 amide bonds. The van der Waals surface area contributed by atoms with Gasteiger partial charge in [0.25, 0.3) is 5.91 Å². The normalized spacial score (nSPS) is 20.6. The minimum atomic E-state index is -1.36. The molecule has 0 saturated carbocycles. The highest BCUT2D eigenvalue weighted by molar-refractivity contribution is 6.44. The van der Waals surface area contributed by atoms with Gasteiger partial charge < -0.3 is 20.3 Å². The number of nitrogens with two attached hydrogens (primary N) is 1. The molecule has 118 valence electrons. The van der Waals surface area contributed by atoms with E-state index in [0.29, 0.717) is 12.1 Å². The molecule has 0 aromatic carbocycles. The van der Waals surface area contributed by atoms with E-state index < -0.39 is 13.0 Å². The molecule has 0 fully saturated rings. The van der Waals surface area contributed by atoms with Crippen LogP contribution in [0.15, 0.2) is 42.4 Å². The quantitative estimate of drug-likeness (QED) is 0.712. The van der Waals surface area contributed by atoms with Crippen molar-refractivity contribution in [2.75, 3.05) is 0 Å². The molecule has 23 heavy (non-hydrogen) atoms. The first kappa shape index (κ1) is 15.5. The van der Waals surface area contributed by atoms with E-state index in [1.165, 1.54) is 6.20 Å². The Balaban J connectivity index is 1.88. The average Bonchev–Trinajstić information content (AvgIpc) is 2.89. The van der Waals surface area contributed by atoms with Crippen LogP contribution in [-0.2, 0) is 6.54 Å². The third-order valence-corrected chi connectivity index (χ3v) is 4.07. The number of allylic oxidation sites excluding steroid dienone is 4. The van der Waals surface area contributed by atoms with E-state index in [4.69, 9.17) is 5.73 Å². The third kappa shape index (κ3) is 3.04. The fourth-order valence-corrected chi connectivity index (χ4v) is 2.81. The van der Waals surface area contributed by atoms with Crippen LogP contribution in [0.25, 0.3) is 11.0 Å². The lowest BCUT2D eigenvalue weighted by molar-refractivity contribution is 0.0995. The molecule has 2 atom stereocenters. The van der Waals surface area contributed by atoms with E-state index in [1.807, 2.05) is 23.6 Å². The van der Waals surface area contributed by atoms with Crippen molar-refractivity contribution in [2.45, 2.75) is 19.3 Å². The Morgan fingerprint density at radius 3 is 2.87 bits per heavy atom. The predicted octanol–water partition coefficient (Wildman–Crippen LogP) is 0.506. The first-order valence-electron chi connectivity index (χ1n) is 7.31. The average molecular weight is 312 g/mol. The number of amides is 1. The molecule has 0 radical (unpaired) electrons. The van der Waals surface area contributed by atoms with Gasteiger partial charge in [-0.25, -0.2) is 9.97 Å². The lowest BCUT2D eigenvalue weighted by Gasteiger charge is -2.22. The summed E-state index contributed by atoms with van der Waals surface area (Å²) in [5, 5.41) is 18.6. The van der Waals surface area contributed by atoms with Crippen molar-refractivity contribution in [3.05, 3.63) is 48.1 Å². The second-order valence-electron chi connectivity index (χ2n) is 5.75. The van der Waals surface area contributed by atoms with Gasteiger partial charge in [0.2, 0.25) is 0 Å². The summed E-state index contributed by atoms with van der Waals surface area (Å²) < 4.78 is 1.90. The molecular formula is C15H17BN4O3. The Hall–Kier alpha value is -2.45. The molecule has 0 saturated heterocycles. The van der Waals surface area contributed by atoms with E-state index in [9.17, 15) is 14.8 Å². The monoisotopic (exact) mass is 312 g/mol. The number of primary amides is 1. The van der Waals surface area contributed by atoms with Crippen LogP contribution in [0.4, 0.5) is 0 Å². The molecule has 0 aliphatic heterocycles. The summed E-state index contributed by atoms with van der Waals surface area (Å²) in [6.45, 7) is 2.50. The summed E-state index contributed by atoms with van der Waals surface area (Å²) in [6, 6.07) is 1.63. The molecule has 2 heterocycles. The summed E-state index contributed by atoms with van der Waals surface area (Å²) in [5.41, 5.74) is 7.97. The molecule has 0 spiro atoms. The molecule has 1 aliphatic rings. The van der Waals surface area contributed by atoms with Gasteiger partial charge in [0, 0.05) is 12.4 Å². The van der Waals surface area contributed by atoms with Crippen LogP contribution in [0.3, 0.4) is 0 Å². The minimum Gasteiger partial charge on any atom is -0.427 e. The van der Waals surface area contributed by atoms with Crippen molar-refractivity contribution in [2.24, 2.45) is 11.7 Å². The largest absolute Gasteiger partial charge is 0.459 e. The van der Waals surface area contributed by atoms with E-state index in [0.717, 1.165) is 11.1 Å². The number of carbonyl (C=O) groups is 1. The number of rotatable bonds is 4. The SMILES string of the molecule is CC1C=C(Cn2cnc3cnc(C(N)=O)cc32)C=CC1B(O)O. The van der Waals surface area contributed by atoms with E-state index in [-0.39, 0.29) is 17.4 Å². The maximum absolute atomic E-state index is 11.3. The molecule has 0 bridgehead atoms.